The van der Waals surface area contributed by atoms with Crippen LogP contribution in [-0.2, 0) is 0 Å². The number of nitrogens with two attached hydrogens (primary N) is 1. The van der Waals surface area contributed by atoms with E-state index in [2.05, 4.69) is 10.6 Å². The van der Waals surface area contributed by atoms with Gasteiger partial charge < -0.3 is 16.4 Å². The van der Waals surface area contributed by atoms with Crippen molar-refractivity contribution in [3.8, 4) is 0 Å². The van der Waals surface area contributed by atoms with Gasteiger partial charge in [-0.25, -0.2) is 4.79 Å². The molecule has 2 unspecified atom stereocenters. The third-order valence-corrected chi connectivity index (χ3v) is 4.41. The van der Waals surface area contributed by atoms with Gasteiger partial charge in [0.2, 0.25) is 0 Å². The standard InChI is InChI=1S/C14H21N3OS/c1-10(15)11-4-6-12(7-5-11)16-14(18)17-13-3-2-8-19-9-13/h4-7,10,13H,2-3,8-9,15H2,1H3,(H2,16,17,18). The molecule has 0 aliphatic carbocycles. The second-order valence-corrected chi connectivity index (χ2v) is 6.07. The zero-order chi connectivity index (χ0) is 13.7. The van der Waals surface area contributed by atoms with Crippen LogP contribution in [-0.4, -0.2) is 23.6 Å². The predicted octanol–water partition coefficient (Wildman–Crippen LogP) is 2.72. The quantitative estimate of drug-likeness (QED) is 0.797. The lowest BCUT2D eigenvalue weighted by Crippen LogP contribution is -2.40. The van der Waals surface area contributed by atoms with Crippen molar-refractivity contribution in [2.45, 2.75) is 31.8 Å². The van der Waals surface area contributed by atoms with Crippen molar-refractivity contribution in [1.82, 2.24) is 5.32 Å². The first-order chi connectivity index (χ1) is 9.15. The number of urea groups is 1. The number of carbonyl (C=O) groups excluding carboxylic acids is 1. The summed E-state index contributed by atoms with van der Waals surface area (Å²) in [6.45, 7) is 1.94. The third kappa shape index (κ3) is 4.44. The van der Waals surface area contributed by atoms with Crippen LogP contribution in [0.5, 0.6) is 0 Å². The zero-order valence-corrected chi connectivity index (χ0v) is 12.0. The second kappa shape index (κ2) is 6.82. The van der Waals surface area contributed by atoms with Gasteiger partial charge >= 0.3 is 6.03 Å². The van der Waals surface area contributed by atoms with E-state index < -0.39 is 0 Å². The maximum Gasteiger partial charge on any atom is 0.319 e. The van der Waals surface area contributed by atoms with Gasteiger partial charge in [0.05, 0.1) is 0 Å². The maximum atomic E-state index is 11.8. The Morgan fingerprint density at radius 3 is 2.74 bits per heavy atom. The number of rotatable bonds is 3. The second-order valence-electron chi connectivity index (χ2n) is 4.92. The molecule has 0 bridgehead atoms. The largest absolute Gasteiger partial charge is 0.334 e. The van der Waals surface area contributed by atoms with E-state index in [9.17, 15) is 4.79 Å². The molecule has 0 saturated carbocycles. The molecule has 2 rings (SSSR count). The molecule has 1 aliphatic rings. The summed E-state index contributed by atoms with van der Waals surface area (Å²) in [6.07, 6.45) is 2.25. The molecule has 1 heterocycles. The molecule has 1 aliphatic heterocycles. The van der Waals surface area contributed by atoms with Crippen molar-refractivity contribution in [3.05, 3.63) is 29.8 Å². The van der Waals surface area contributed by atoms with E-state index in [1.807, 2.05) is 43.0 Å². The van der Waals surface area contributed by atoms with Crippen molar-refractivity contribution in [2.24, 2.45) is 5.73 Å². The Morgan fingerprint density at radius 2 is 2.16 bits per heavy atom. The van der Waals surface area contributed by atoms with Crippen molar-refractivity contribution >= 4 is 23.5 Å². The molecule has 1 fully saturated rings. The van der Waals surface area contributed by atoms with Crippen LogP contribution in [0, 0.1) is 0 Å². The van der Waals surface area contributed by atoms with Crippen LogP contribution < -0.4 is 16.4 Å². The Labute approximate surface area is 118 Å². The molecule has 0 radical (unpaired) electrons. The number of nitrogens with one attached hydrogen (secondary N) is 2. The molecule has 4 nitrogen and oxygen atoms in total. The zero-order valence-electron chi connectivity index (χ0n) is 11.2. The van der Waals surface area contributed by atoms with Crippen LogP contribution in [0.1, 0.15) is 31.4 Å². The summed E-state index contributed by atoms with van der Waals surface area (Å²) in [6, 6.07) is 7.83. The number of amides is 2. The van der Waals surface area contributed by atoms with Gasteiger partial charge in [-0.15, -0.1) is 0 Å². The topological polar surface area (TPSA) is 67.1 Å². The summed E-state index contributed by atoms with van der Waals surface area (Å²) in [4.78, 5) is 11.8. The van der Waals surface area contributed by atoms with Crippen LogP contribution >= 0.6 is 11.8 Å². The minimum Gasteiger partial charge on any atom is -0.334 e. The van der Waals surface area contributed by atoms with Crippen LogP contribution in [0.4, 0.5) is 10.5 Å². The van der Waals surface area contributed by atoms with Crippen LogP contribution in [0.3, 0.4) is 0 Å². The Balaban J connectivity index is 1.84. The highest BCUT2D eigenvalue weighted by molar-refractivity contribution is 7.99. The molecule has 1 aromatic carbocycles. The number of benzene rings is 1. The molecule has 4 N–H and O–H groups in total. The SMILES string of the molecule is CC(N)c1ccc(NC(=O)NC2CCCSC2)cc1. The van der Waals surface area contributed by atoms with Gasteiger partial charge in [-0.2, -0.15) is 11.8 Å². The molecular formula is C14H21N3OS. The summed E-state index contributed by atoms with van der Waals surface area (Å²) in [5.41, 5.74) is 7.65. The summed E-state index contributed by atoms with van der Waals surface area (Å²) >= 11 is 1.90. The molecule has 104 valence electrons. The molecule has 1 saturated heterocycles. The van der Waals surface area contributed by atoms with E-state index >= 15 is 0 Å². The first-order valence-electron chi connectivity index (χ1n) is 6.66. The highest BCUT2D eigenvalue weighted by Crippen LogP contribution is 2.17. The van der Waals surface area contributed by atoms with Gasteiger partial charge in [-0.3, -0.25) is 0 Å². The average Bonchev–Trinajstić information content (AvgIpc) is 2.40. The van der Waals surface area contributed by atoms with Gasteiger partial charge in [0, 0.05) is 23.5 Å². The van der Waals surface area contributed by atoms with Gasteiger partial charge in [-0.05, 0) is 43.2 Å². The molecular weight excluding hydrogens is 258 g/mol. The number of hydrogen-bond donors (Lipinski definition) is 3. The van der Waals surface area contributed by atoms with Crippen LogP contribution in [0.2, 0.25) is 0 Å². The van der Waals surface area contributed by atoms with Crippen molar-refractivity contribution in [1.29, 1.82) is 0 Å². The Bertz CT molecular complexity index is 413. The molecule has 1 aromatic rings. The van der Waals surface area contributed by atoms with Crippen LogP contribution in [0.15, 0.2) is 24.3 Å². The summed E-state index contributed by atoms with van der Waals surface area (Å²) in [5.74, 6) is 2.22. The molecule has 2 amide bonds. The van der Waals surface area contributed by atoms with Crippen molar-refractivity contribution < 1.29 is 4.79 Å². The Morgan fingerprint density at radius 1 is 1.42 bits per heavy atom. The lowest BCUT2D eigenvalue weighted by molar-refractivity contribution is 0.248. The summed E-state index contributed by atoms with van der Waals surface area (Å²) < 4.78 is 0. The number of thioether (sulfide) groups is 1. The summed E-state index contributed by atoms with van der Waals surface area (Å²) in [7, 11) is 0. The lowest BCUT2D eigenvalue weighted by atomic mass is 10.1. The first-order valence-corrected chi connectivity index (χ1v) is 7.81. The van der Waals surface area contributed by atoms with E-state index in [1.165, 1.54) is 12.2 Å². The van der Waals surface area contributed by atoms with Gasteiger partial charge in [-0.1, -0.05) is 12.1 Å². The minimum atomic E-state index is -0.124. The summed E-state index contributed by atoms with van der Waals surface area (Å²) in [5, 5.41) is 5.86. The molecule has 5 heteroatoms. The van der Waals surface area contributed by atoms with E-state index in [4.69, 9.17) is 5.73 Å². The fourth-order valence-electron chi connectivity index (χ4n) is 2.08. The van der Waals surface area contributed by atoms with Gasteiger partial charge in [0.1, 0.15) is 0 Å². The van der Waals surface area contributed by atoms with Crippen molar-refractivity contribution in [3.63, 3.8) is 0 Å². The van der Waals surface area contributed by atoms with Gasteiger partial charge in [0.25, 0.3) is 0 Å². The fraction of sp³-hybridized carbons (Fsp3) is 0.500. The van der Waals surface area contributed by atoms with Gasteiger partial charge in [0.15, 0.2) is 0 Å². The predicted molar refractivity (Wildman–Crippen MR) is 81.5 cm³/mol. The van der Waals surface area contributed by atoms with E-state index in [1.54, 1.807) is 0 Å². The third-order valence-electron chi connectivity index (χ3n) is 3.19. The monoisotopic (exact) mass is 279 g/mol. The highest BCUT2D eigenvalue weighted by atomic mass is 32.2. The van der Waals surface area contributed by atoms with Crippen molar-refractivity contribution in [2.75, 3.05) is 16.8 Å². The minimum absolute atomic E-state index is 0.0159. The number of anilines is 1. The first kappa shape index (κ1) is 14.2. The molecule has 0 aromatic heterocycles. The number of hydrogen-bond acceptors (Lipinski definition) is 3. The average molecular weight is 279 g/mol. The van der Waals surface area contributed by atoms with E-state index in [0.717, 1.165) is 23.4 Å². The number of carbonyl (C=O) groups is 1. The smallest absolute Gasteiger partial charge is 0.319 e. The normalized spacial score (nSPS) is 20.6. The molecule has 0 spiro atoms. The Kier molecular flexibility index (Phi) is 5.10. The van der Waals surface area contributed by atoms with Crippen LogP contribution in [0.25, 0.3) is 0 Å². The molecule has 19 heavy (non-hydrogen) atoms. The van der Waals surface area contributed by atoms with E-state index in [-0.39, 0.29) is 12.1 Å². The fourth-order valence-corrected chi connectivity index (χ4v) is 3.15. The lowest BCUT2D eigenvalue weighted by Gasteiger charge is -2.22. The maximum absolute atomic E-state index is 11.8. The Hall–Kier alpha value is -1.20. The highest BCUT2D eigenvalue weighted by Gasteiger charge is 2.15. The van der Waals surface area contributed by atoms with E-state index in [0.29, 0.717) is 6.04 Å². The molecule has 2 atom stereocenters.